The molecule has 22 heavy (non-hydrogen) atoms. The first-order valence-electron chi connectivity index (χ1n) is 5.63. The van der Waals surface area contributed by atoms with Gasteiger partial charge in [0, 0.05) is 0 Å². The standard InChI is InChI=1S/C13H10F3O3PS.Li/c14-13(15,16)9-6-4-8(5-7-9)10-2-1-3-11(12(10)20)21(17,18)19;/h1-7H,20H2,(H,17,18,19);/q;+1/p-1. The van der Waals surface area contributed by atoms with Crippen molar-refractivity contribution in [3.05, 3.63) is 48.0 Å². The number of hydrogen-bond donors (Lipinski definition) is 0. The minimum atomic E-state index is -4.65. The minimum absolute atomic E-state index is 0. The van der Waals surface area contributed by atoms with Crippen molar-refractivity contribution < 1.29 is 45.0 Å². The molecule has 0 saturated heterocycles. The topological polar surface area (TPSA) is 57.2 Å². The van der Waals surface area contributed by atoms with Gasteiger partial charge in [0.25, 0.3) is 0 Å². The van der Waals surface area contributed by atoms with Crippen LogP contribution in [0.2, 0.25) is 0 Å². The Bertz CT molecular complexity index is 774. The second-order valence-electron chi connectivity index (χ2n) is 4.25. The Morgan fingerprint density at radius 3 is 2.00 bits per heavy atom. The maximum absolute atomic E-state index is 12.5. The molecule has 1 atom stereocenters. The van der Waals surface area contributed by atoms with Crippen LogP contribution in [-0.4, -0.2) is 13.0 Å². The molecule has 0 heterocycles. The van der Waals surface area contributed by atoms with Crippen LogP contribution in [0.3, 0.4) is 0 Å². The van der Waals surface area contributed by atoms with Gasteiger partial charge in [0.1, 0.15) is 10.1 Å². The quantitative estimate of drug-likeness (QED) is 0.432. The molecule has 9 heteroatoms. The van der Waals surface area contributed by atoms with Crippen LogP contribution in [0.1, 0.15) is 5.56 Å². The SMILES string of the molecule is O=S(=O)([O-])c1cccc(-c2ccc(C(F)(F)F)cc2)c1P.[Li+]. The van der Waals surface area contributed by atoms with Crippen LogP contribution in [0.15, 0.2) is 47.4 Å². The van der Waals surface area contributed by atoms with Crippen molar-refractivity contribution in [1.29, 1.82) is 0 Å². The van der Waals surface area contributed by atoms with E-state index < -0.39 is 26.8 Å². The van der Waals surface area contributed by atoms with Gasteiger partial charge in [0.15, 0.2) is 0 Å². The van der Waals surface area contributed by atoms with Crippen molar-refractivity contribution in [2.75, 3.05) is 0 Å². The van der Waals surface area contributed by atoms with E-state index >= 15 is 0 Å². The third kappa shape index (κ3) is 4.12. The maximum atomic E-state index is 12.5. The Morgan fingerprint density at radius 2 is 1.55 bits per heavy atom. The summed E-state index contributed by atoms with van der Waals surface area (Å²) in [6.45, 7) is 0. The Hall–Kier alpha value is -0.833. The molecule has 3 nitrogen and oxygen atoms in total. The fraction of sp³-hybridized carbons (Fsp3) is 0.0769. The molecule has 0 aliphatic carbocycles. The predicted molar refractivity (Wildman–Crippen MR) is 74.2 cm³/mol. The van der Waals surface area contributed by atoms with E-state index in [0.29, 0.717) is 11.1 Å². The fourth-order valence-electron chi connectivity index (χ4n) is 1.85. The number of alkyl halides is 3. The molecule has 0 aliphatic heterocycles. The summed E-state index contributed by atoms with van der Waals surface area (Å²) in [5.74, 6) is 0. The summed E-state index contributed by atoms with van der Waals surface area (Å²) in [5, 5.41) is 0.132. The first kappa shape index (κ1) is 19.2. The van der Waals surface area contributed by atoms with Gasteiger partial charge in [-0.05, 0) is 34.6 Å². The Kier molecular flexibility index (Phi) is 5.88. The Labute approximate surface area is 140 Å². The van der Waals surface area contributed by atoms with E-state index in [4.69, 9.17) is 0 Å². The monoisotopic (exact) mass is 340 g/mol. The van der Waals surface area contributed by atoms with Crippen LogP contribution in [0.5, 0.6) is 0 Å². The maximum Gasteiger partial charge on any atom is 1.00 e. The zero-order valence-electron chi connectivity index (χ0n) is 11.4. The Balaban J connectivity index is 0.00000242. The molecule has 0 radical (unpaired) electrons. The van der Waals surface area contributed by atoms with E-state index in [9.17, 15) is 26.1 Å². The van der Waals surface area contributed by atoms with Crippen molar-refractivity contribution >= 4 is 24.7 Å². The van der Waals surface area contributed by atoms with Gasteiger partial charge in [0.05, 0.1) is 10.5 Å². The summed E-state index contributed by atoms with van der Waals surface area (Å²) in [6.07, 6.45) is -4.44. The van der Waals surface area contributed by atoms with Gasteiger partial charge in [-0.1, -0.05) is 24.3 Å². The van der Waals surface area contributed by atoms with Crippen molar-refractivity contribution in [3.8, 4) is 11.1 Å². The number of hydrogen-bond acceptors (Lipinski definition) is 3. The summed E-state index contributed by atoms with van der Waals surface area (Å²) in [5.41, 5.74) is -0.0479. The molecule has 112 valence electrons. The van der Waals surface area contributed by atoms with Crippen molar-refractivity contribution in [2.45, 2.75) is 11.1 Å². The molecule has 0 N–H and O–H groups in total. The number of rotatable bonds is 2. The third-order valence-electron chi connectivity index (χ3n) is 2.86. The Morgan fingerprint density at radius 1 is 1.00 bits per heavy atom. The molecular formula is C13H9F3LiO3PS. The predicted octanol–water partition coefficient (Wildman–Crippen LogP) is -0.219. The van der Waals surface area contributed by atoms with Gasteiger partial charge in [-0.15, -0.1) is 9.24 Å². The molecule has 1 unspecified atom stereocenters. The van der Waals surface area contributed by atoms with Crippen LogP contribution in [0, 0.1) is 0 Å². The van der Waals surface area contributed by atoms with Crippen LogP contribution in [0.4, 0.5) is 13.2 Å². The molecule has 2 rings (SSSR count). The smallest absolute Gasteiger partial charge is 0.744 e. The van der Waals surface area contributed by atoms with E-state index in [1.165, 1.54) is 24.3 Å². The molecule has 0 saturated carbocycles. The van der Waals surface area contributed by atoms with E-state index in [1.54, 1.807) is 0 Å². The van der Waals surface area contributed by atoms with Crippen LogP contribution in [0.25, 0.3) is 11.1 Å². The van der Waals surface area contributed by atoms with Crippen molar-refractivity contribution in [3.63, 3.8) is 0 Å². The first-order chi connectivity index (χ1) is 9.60. The fourth-order valence-corrected chi connectivity index (χ4v) is 3.27. The van der Waals surface area contributed by atoms with Gasteiger partial charge in [0.2, 0.25) is 0 Å². The normalized spacial score (nSPS) is 11.9. The van der Waals surface area contributed by atoms with Crippen LogP contribution < -0.4 is 24.2 Å². The van der Waals surface area contributed by atoms with E-state index in [-0.39, 0.29) is 24.2 Å². The van der Waals surface area contributed by atoms with E-state index in [2.05, 4.69) is 9.24 Å². The first-order valence-corrected chi connectivity index (χ1v) is 7.61. The number of benzene rings is 2. The third-order valence-corrected chi connectivity index (χ3v) is 4.58. The average Bonchev–Trinajstić information content (AvgIpc) is 2.37. The molecule has 2 aromatic carbocycles. The largest absolute Gasteiger partial charge is 1.00 e. The van der Waals surface area contributed by atoms with Gasteiger partial charge in [-0.3, -0.25) is 0 Å². The van der Waals surface area contributed by atoms with Gasteiger partial charge in [-0.2, -0.15) is 13.2 Å². The summed E-state index contributed by atoms with van der Waals surface area (Å²) >= 11 is 0. The minimum Gasteiger partial charge on any atom is -0.744 e. The van der Waals surface area contributed by atoms with E-state index in [1.807, 2.05) is 0 Å². The summed E-state index contributed by atoms with van der Waals surface area (Å²) in [7, 11) is -2.51. The number of halogens is 3. The second kappa shape index (κ2) is 6.74. The molecule has 0 amide bonds. The molecule has 2 aromatic rings. The second-order valence-corrected chi connectivity index (χ2v) is 6.17. The summed E-state index contributed by atoms with van der Waals surface area (Å²) in [6, 6.07) is 8.30. The average molecular weight is 340 g/mol. The molecule has 0 spiro atoms. The van der Waals surface area contributed by atoms with E-state index in [0.717, 1.165) is 18.2 Å². The van der Waals surface area contributed by atoms with Gasteiger partial charge in [-0.25, -0.2) is 8.42 Å². The molecule has 0 aliphatic rings. The summed E-state index contributed by atoms with van der Waals surface area (Å²) < 4.78 is 70.8. The zero-order valence-corrected chi connectivity index (χ0v) is 13.4. The molecule has 0 bridgehead atoms. The molecule has 0 aromatic heterocycles. The molecular weight excluding hydrogens is 331 g/mol. The zero-order chi connectivity index (χ0) is 15.8. The summed E-state index contributed by atoms with van der Waals surface area (Å²) in [4.78, 5) is -0.412. The van der Waals surface area contributed by atoms with Crippen LogP contribution >= 0.6 is 9.24 Å². The van der Waals surface area contributed by atoms with Crippen LogP contribution in [-0.2, 0) is 16.3 Å². The van der Waals surface area contributed by atoms with Crippen molar-refractivity contribution in [2.24, 2.45) is 0 Å². The molecule has 0 fully saturated rings. The van der Waals surface area contributed by atoms with Crippen molar-refractivity contribution in [1.82, 2.24) is 0 Å². The van der Waals surface area contributed by atoms with Gasteiger partial charge < -0.3 is 4.55 Å². The van der Waals surface area contributed by atoms with Gasteiger partial charge >= 0.3 is 25.0 Å².